The second kappa shape index (κ2) is 7.76. The number of ether oxygens (including phenoxy) is 1. The molecule has 1 unspecified atom stereocenters. The molecular formula is C18H20N4O3. The number of nitrogens with one attached hydrogen (secondary N) is 2. The summed E-state index contributed by atoms with van der Waals surface area (Å²) in [4.78, 5) is 23.5. The molecule has 2 N–H and O–H groups in total. The van der Waals surface area contributed by atoms with Crippen LogP contribution in [-0.2, 0) is 20.7 Å². The van der Waals surface area contributed by atoms with Crippen LogP contribution in [0.2, 0.25) is 0 Å². The van der Waals surface area contributed by atoms with Crippen LogP contribution < -0.4 is 10.6 Å². The predicted octanol–water partition coefficient (Wildman–Crippen LogP) is 2.15. The maximum absolute atomic E-state index is 12.3. The quantitative estimate of drug-likeness (QED) is 0.789. The van der Waals surface area contributed by atoms with Crippen LogP contribution in [0.25, 0.3) is 0 Å². The van der Waals surface area contributed by atoms with E-state index in [1.54, 1.807) is 41.2 Å². The van der Waals surface area contributed by atoms with Crippen molar-refractivity contribution in [2.75, 3.05) is 23.8 Å². The molecule has 2 aromatic rings. The highest BCUT2D eigenvalue weighted by atomic mass is 16.5. The molecular weight excluding hydrogens is 320 g/mol. The van der Waals surface area contributed by atoms with Crippen molar-refractivity contribution >= 4 is 23.3 Å². The molecule has 1 fully saturated rings. The monoisotopic (exact) mass is 340 g/mol. The van der Waals surface area contributed by atoms with Crippen molar-refractivity contribution in [3.05, 3.63) is 54.7 Å². The Balaban J connectivity index is 1.58. The summed E-state index contributed by atoms with van der Waals surface area (Å²) < 4.78 is 7.18. The average molecular weight is 340 g/mol. The van der Waals surface area contributed by atoms with Gasteiger partial charge in [-0.2, -0.15) is 5.10 Å². The maximum atomic E-state index is 12.3. The molecule has 3 rings (SSSR count). The molecule has 2 heterocycles. The van der Waals surface area contributed by atoms with Gasteiger partial charge in [-0.25, -0.2) is 4.68 Å². The Labute approximate surface area is 145 Å². The molecule has 130 valence electrons. The fourth-order valence-electron chi connectivity index (χ4n) is 2.69. The molecule has 1 atom stereocenters. The van der Waals surface area contributed by atoms with Gasteiger partial charge < -0.3 is 15.4 Å². The number of rotatable bonds is 6. The number of aromatic nitrogens is 2. The molecule has 1 aliphatic heterocycles. The third-order valence-electron chi connectivity index (χ3n) is 3.96. The van der Waals surface area contributed by atoms with Crippen molar-refractivity contribution in [2.45, 2.75) is 18.9 Å². The zero-order valence-corrected chi connectivity index (χ0v) is 13.8. The van der Waals surface area contributed by atoms with Gasteiger partial charge in [-0.1, -0.05) is 18.7 Å². The van der Waals surface area contributed by atoms with Gasteiger partial charge >= 0.3 is 0 Å². The first-order valence-corrected chi connectivity index (χ1v) is 8.09. The van der Waals surface area contributed by atoms with Gasteiger partial charge in [0.2, 0.25) is 11.8 Å². The minimum Gasteiger partial charge on any atom is -0.379 e. The molecule has 1 aliphatic rings. The molecule has 0 radical (unpaired) electrons. The molecule has 0 bridgehead atoms. The number of carbonyl (C=O) groups excluding carboxylic acids is 2. The van der Waals surface area contributed by atoms with Gasteiger partial charge in [0.25, 0.3) is 0 Å². The third kappa shape index (κ3) is 4.33. The van der Waals surface area contributed by atoms with E-state index < -0.39 is 0 Å². The van der Waals surface area contributed by atoms with Crippen LogP contribution in [0.3, 0.4) is 0 Å². The van der Waals surface area contributed by atoms with Crippen molar-refractivity contribution in [3.8, 4) is 0 Å². The van der Waals surface area contributed by atoms with Crippen LogP contribution in [0.1, 0.15) is 18.0 Å². The second-order valence-corrected chi connectivity index (χ2v) is 5.79. The molecule has 0 saturated carbocycles. The average Bonchev–Trinajstić information content (AvgIpc) is 3.27. The number of anilines is 2. The Kier molecular flexibility index (Phi) is 5.25. The van der Waals surface area contributed by atoms with Crippen LogP contribution >= 0.6 is 0 Å². The first-order valence-electron chi connectivity index (χ1n) is 8.09. The molecule has 2 amide bonds. The molecule has 0 spiro atoms. The molecule has 1 aromatic heterocycles. The summed E-state index contributed by atoms with van der Waals surface area (Å²) in [5.41, 5.74) is 1.51. The molecule has 1 saturated heterocycles. The Hall–Kier alpha value is -2.93. The van der Waals surface area contributed by atoms with E-state index in [-0.39, 0.29) is 24.3 Å². The fourth-order valence-corrected chi connectivity index (χ4v) is 2.69. The highest BCUT2D eigenvalue weighted by Crippen LogP contribution is 2.22. The fraction of sp³-hybridized carbons (Fsp3) is 0.278. The van der Waals surface area contributed by atoms with Gasteiger partial charge in [-0.15, -0.1) is 0 Å². The van der Waals surface area contributed by atoms with Gasteiger partial charge in [0.15, 0.2) is 0 Å². The largest absolute Gasteiger partial charge is 0.379 e. The topological polar surface area (TPSA) is 85.3 Å². The summed E-state index contributed by atoms with van der Waals surface area (Å²) in [7, 11) is 0. The van der Waals surface area contributed by atoms with Crippen molar-refractivity contribution in [2.24, 2.45) is 0 Å². The van der Waals surface area contributed by atoms with Crippen molar-refractivity contribution in [1.82, 2.24) is 9.78 Å². The Morgan fingerprint density at radius 1 is 1.28 bits per heavy atom. The van der Waals surface area contributed by atoms with Crippen molar-refractivity contribution < 1.29 is 14.3 Å². The lowest BCUT2D eigenvalue weighted by Crippen LogP contribution is -2.20. The molecule has 1 aromatic carbocycles. The van der Waals surface area contributed by atoms with Crippen molar-refractivity contribution in [3.63, 3.8) is 0 Å². The smallest absolute Gasteiger partial charge is 0.247 e. The highest BCUT2D eigenvalue weighted by molar-refractivity contribution is 5.98. The summed E-state index contributed by atoms with van der Waals surface area (Å²) in [5.74, 6) is 0.286. The number of carbonyl (C=O) groups is 2. The Morgan fingerprint density at radius 2 is 2.08 bits per heavy atom. The van der Waals surface area contributed by atoms with E-state index in [1.165, 1.54) is 6.08 Å². The van der Waals surface area contributed by atoms with Gasteiger partial charge in [-0.3, -0.25) is 9.59 Å². The van der Waals surface area contributed by atoms with E-state index in [0.29, 0.717) is 24.7 Å². The molecule has 25 heavy (non-hydrogen) atoms. The zero-order valence-electron chi connectivity index (χ0n) is 13.8. The second-order valence-electron chi connectivity index (χ2n) is 5.79. The minimum absolute atomic E-state index is 0.122. The van der Waals surface area contributed by atoms with E-state index in [4.69, 9.17) is 4.74 Å². The Bertz CT molecular complexity index is 761. The number of hydrogen-bond donors (Lipinski definition) is 2. The molecule has 7 nitrogen and oxygen atoms in total. The Morgan fingerprint density at radius 3 is 2.76 bits per heavy atom. The lowest BCUT2D eigenvalue weighted by atomic mass is 10.1. The van der Waals surface area contributed by atoms with E-state index >= 15 is 0 Å². The van der Waals surface area contributed by atoms with Crippen LogP contribution in [0, 0.1) is 0 Å². The van der Waals surface area contributed by atoms with Crippen LogP contribution in [-0.4, -0.2) is 34.8 Å². The van der Waals surface area contributed by atoms with E-state index in [1.807, 2.05) is 0 Å². The number of benzene rings is 1. The van der Waals surface area contributed by atoms with Crippen molar-refractivity contribution in [1.29, 1.82) is 0 Å². The summed E-state index contributed by atoms with van der Waals surface area (Å²) in [6.07, 6.45) is 4.01. The van der Waals surface area contributed by atoms with Gasteiger partial charge in [0, 0.05) is 18.4 Å². The van der Waals surface area contributed by atoms with E-state index in [2.05, 4.69) is 22.3 Å². The zero-order chi connectivity index (χ0) is 17.6. The number of hydrogen-bond acceptors (Lipinski definition) is 4. The first-order chi connectivity index (χ1) is 12.2. The predicted molar refractivity (Wildman–Crippen MR) is 94.3 cm³/mol. The van der Waals surface area contributed by atoms with Gasteiger partial charge in [0.1, 0.15) is 5.82 Å². The SMILES string of the molecule is C=CC(=O)Nc1ccc(CC(=O)Nc2ccnn2C2CCOC2)cc1. The molecule has 7 heteroatoms. The highest BCUT2D eigenvalue weighted by Gasteiger charge is 2.21. The van der Waals surface area contributed by atoms with Crippen LogP contribution in [0.15, 0.2) is 49.2 Å². The normalized spacial score (nSPS) is 16.4. The van der Waals surface area contributed by atoms with Gasteiger partial charge in [-0.05, 0) is 30.2 Å². The lowest BCUT2D eigenvalue weighted by Gasteiger charge is -2.13. The number of nitrogens with zero attached hydrogens (tertiary/aromatic N) is 2. The number of amides is 2. The lowest BCUT2D eigenvalue weighted by molar-refractivity contribution is -0.115. The third-order valence-corrected chi connectivity index (χ3v) is 3.96. The summed E-state index contributed by atoms with van der Waals surface area (Å²) in [6.45, 7) is 4.73. The summed E-state index contributed by atoms with van der Waals surface area (Å²) in [6, 6.07) is 9.07. The molecule has 0 aliphatic carbocycles. The van der Waals surface area contributed by atoms with E-state index in [0.717, 1.165) is 12.0 Å². The first kappa shape index (κ1) is 16.9. The van der Waals surface area contributed by atoms with Gasteiger partial charge in [0.05, 0.1) is 25.3 Å². The standard InChI is InChI=1S/C18H20N4O3/c1-2-17(23)20-14-5-3-13(4-6-14)11-18(24)21-16-7-9-19-22(16)15-8-10-25-12-15/h2-7,9,15H,1,8,10-12H2,(H,20,23)(H,21,24). The summed E-state index contributed by atoms with van der Waals surface area (Å²) in [5, 5.41) is 9.84. The van der Waals surface area contributed by atoms with Crippen LogP contribution in [0.4, 0.5) is 11.5 Å². The van der Waals surface area contributed by atoms with E-state index in [9.17, 15) is 9.59 Å². The van der Waals surface area contributed by atoms with Crippen LogP contribution in [0.5, 0.6) is 0 Å². The maximum Gasteiger partial charge on any atom is 0.247 e. The summed E-state index contributed by atoms with van der Waals surface area (Å²) >= 11 is 0. The minimum atomic E-state index is -0.269.